The summed E-state index contributed by atoms with van der Waals surface area (Å²) in [5.41, 5.74) is 4.51. The Morgan fingerprint density at radius 3 is 2.29 bits per heavy atom. The standard InChI is InChI=1S/C21H20N2O5/c24-19(25)11-23-10-9-18(20(23)26)22-21(27)28-12-17-15-7-3-1-5-13(15)14-6-2-4-8-16(14)17/h1-8,17-18H,9-12H2,(H,22,27)(H,24,25). The molecule has 0 saturated carbocycles. The molecule has 7 nitrogen and oxygen atoms in total. The molecule has 0 bridgehead atoms. The van der Waals surface area contributed by atoms with Gasteiger partial charge in [0.05, 0.1) is 0 Å². The largest absolute Gasteiger partial charge is 0.480 e. The van der Waals surface area contributed by atoms with Crippen molar-refractivity contribution in [1.29, 1.82) is 0 Å². The van der Waals surface area contributed by atoms with Crippen LogP contribution in [0.4, 0.5) is 4.79 Å². The second-order valence-corrected chi connectivity index (χ2v) is 6.96. The summed E-state index contributed by atoms with van der Waals surface area (Å²) in [5.74, 6) is -1.52. The molecule has 2 aromatic carbocycles. The molecule has 1 aliphatic heterocycles. The Kier molecular flexibility index (Phi) is 4.73. The summed E-state index contributed by atoms with van der Waals surface area (Å²) < 4.78 is 5.43. The van der Waals surface area contributed by atoms with Crippen molar-refractivity contribution >= 4 is 18.0 Å². The predicted molar refractivity (Wildman–Crippen MR) is 101 cm³/mol. The van der Waals surface area contributed by atoms with Crippen LogP contribution >= 0.6 is 0 Å². The molecule has 28 heavy (non-hydrogen) atoms. The van der Waals surface area contributed by atoms with E-state index < -0.39 is 24.0 Å². The topological polar surface area (TPSA) is 95.9 Å². The monoisotopic (exact) mass is 380 g/mol. The van der Waals surface area contributed by atoms with Gasteiger partial charge in [-0.1, -0.05) is 48.5 Å². The smallest absolute Gasteiger partial charge is 0.407 e. The molecule has 1 fully saturated rings. The molecule has 2 amide bonds. The SMILES string of the molecule is O=C(O)CN1CCC(NC(=O)OCC2c3ccccc3-c3ccccc32)C1=O. The lowest BCUT2D eigenvalue weighted by atomic mass is 9.98. The first-order valence-corrected chi connectivity index (χ1v) is 9.16. The van der Waals surface area contributed by atoms with Crippen LogP contribution in [0.5, 0.6) is 0 Å². The van der Waals surface area contributed by atoms with Gasteiger partial charge in [0.15, 0.2) is 0 Å². The molecule has 1 aliphatic carbocycles. The third-order valence-corrected chi connectivity index (χ3v) is 5.26. The van der Waals surface area contributed by atoms with Gasteiger partial charge in [-0.2, -0.15) is 0 Å². The van der Waals surface area contributed by atoms with Gasteiger partial charge in [-0.05, 0) is 28.7 Å². The van der Waals surface area contributed by atoms with Gasteiger partial charge in [-0.15, -0.1) is 0 Å². The maximum absolute atomic E-state index is 12.2. The minimum atomic E-state index is -1.07. The number of carboxylic acid groups (broad SMARTS) is 1. The zero-order valence-corrected chi connectivity index (χ0v) is 15.1. The number of hydrogen-bond acceptors (Lipinski definition) is 4. The quantitative estimate of drug-likeness (QED) is 0.829. The molecule has 0 spiro atoms. The number of carbonyl (C=O) groups excluding carboxylic acids is 2. The van der Waals surface area contributed by atoms with Crippen molar-refractivity contribution in [3.8, 4) is 11.1 Å². The van der Waals surface area contributed by atoms with Crippen molar-refractivity contribution in [3.63, 3.8) is 0 Å². The van der Waals surface area contributed by atoms with Crippen LogP contribution < -0.4 is 5.32 Å². The fraction of sp³-hybridized carbons (Fsp3) is 0.286. The number of nitrogens with one attached hydrogen (secondary N) is 1. The highest BCUT2D eigenvalue weighted by molar-refractivity contribution is 5.89. The Bertz CT molecular complexity index is 896. The van der Waals surface area contributed by atoms with E-state index in [1.165, 1.54) is 4.90 Å². The van der Waals surface area contributed by atoms with Gasteiger partial charge in [0.1, 0.15) is 19.2 Å². The van der Waals surface area contributed by atoms with Crippen LogP contribution in [0.1, 0.15) is 23.5 Å². The molecule has 0 radical (unpaired) electrons. The van der Waals surface area contributed by atoms with Gasteiger partial charge in [0.25, 0.3) is 0 Å². The Balaban J connectivity index is 1.39. The van der Waals surface area contributed by atoms with E-state index in [1.807, 2.05) is 36.4 Å². The van der Waals surface area contributed by atoms with Crippen molar-refractivity contribution in [1.82, 2.24) is 10.2 Å². The summed E-state index contributed by atoms with van der Waals surface area (Å²) in [7, 11) is 0. The number of benzene rings is 2. The molecule has 144 valence electrons. The van der Waals surface area contributed by atoms with Crippen LogP contribution in [0.15, 0.2) is 48.5 Å². The maximum atomic E-state index is 12.2. The zero-order chi connectivity index (χ0) is 19.7. The maximum Gasteiger partial charge on any atom is 0.407 e. The molecule has 7 heteroatoms. The fourth-order valence-corrected chi connectivity index (χ4v) is 3.98. The van der Waals surface area contributed by atoms with Gasteiger partial charge in [-0.3, -0.25) is 9.59 Å². The lowest BCUT2D eigenvalue weighted by Crippen LogP contribution is -2.43. The number of alkyl carbamates (subject to hydrolysis) is 1. The van der Waals surface area contributed by atoms with E-state index in [0.717, 1.165) is 22.3 Å². The first-order chi connectivity index (χ1) is 13.5. The molecule has 1 heterocycles. The minimum Gasteiger partial charge on any atom is -0.480 e. The first kappa shape index (κ1) is 18.0. The third-order valence-electron chi connectivity index (χ3n) is 5.26. The van der Waals surface area contributed by atoms with Crippen molar-refractivity contribution in [3.05, 3.63) is 59.7 Å². The molecule has 4 rings (SSSR count). The van der Waals surface area contributed by atoms with Crippen LogP contribution in [0.3, 0.4) is 0 Å². The Morgan fingerprint density at radius 2 is 1.68 bits per heavy atom. The Hall–Kier alpha value is -3.35. The molecule has 1 unspecified atom stereocenters. The number of rotatable bonds is 5. The number of carboxylic acids is 1. The lowest BCUT2D eigenvalue weighted by Gasteiger charge is -2.17. The number of likely N-dealkylation sites (tertiary alicyclic amines) is 1. The number of ether oxygens (including phenoxy) is 1. The van der Waals surface area contributed by atoms with Crippen molar-refractivity contribution in [2.24, 2.45) is 0 Å². The summed E-state index contributed by atoms with van der Waals surface area (Å²) in [4.78, 5) is 36.4. The van der Waals surface area contributed by atoms with E-state index in [1.54, 1.807) is 0 Å². The van der Waals surface area contributed by atoms with Gasteiger partial charge >= 0.3 is 12.1 Å². The first-order valence-electron chi connectivity index (χ1n) is 9.16. The summed E-state index contributed by atoms with van der Waals surface area (Å²) >= 11 is 0. The fourth-order valence-electron chi connectivity index (χ4n) is 3.98. The van der Waals surface area contributed by atoms with Crippen molar-refractivity contribution in [2.75, 3.05) is 19.7 Å². The van der Waals surface area contributed by atoms with Gasteiger partial charge in [0.2, 0.25) is 5.91 Å². The number of carbonyl (C=O) groups is 3. The average Bonchev–Trinajstić information content (AvgIpc) is 3.18. The van der Waals surface area contributed by atoms with Gasteiger partial charge in [0, 0.05) is 12.5 Å². The van der Waals surface area contributed by atoms with Gasteiger partial charge in [-0.25, -0.2) is 4.79 Å². The summed E-state index contributed by atoms with van der Waals surface area (Å²) in [6, 6.07) is 15.3. The zero-order valence-electron chi connectivity index (χ0n) is 15.1. The molecular weight excluding hydrogens is 360 g/mol. The number of aliphatic carboxylic acids is 1. The summed E-state index contributed by atoms with van der Waals surface area (Å²) in [6.07, 6.45) is -0.298. The number of amides is 2. The highest BCUT2D eigenvalue weighted by atomic mass is 16.5. The Labute approximate surface area is 161 Å². The third kappa shape index (κ3) is 3.31. The second kappa shape index (κ2) is 7.34. The highest BCUT2D eigenvalue weighted by Crippen LogP contribution is 2.44. The van der Waals surface area contributed by atoms with E-state index in [9.17, 15) is 14.4 Å². The van der Waals surface area contributed by atoms with Gasteiger partial charge < -0.3 is 20.1 Å². The molecule has 2 N–H and O–H groups in total. The molecule has 1 saturated heterocycles. The Morgan fingerprint density at radius 1 is 1.07 bits per heavy atom. The van der Waals surface area contributed by atoms with Crippen LogP contribution in [-0.2, 0) is 14.3 Å². The second-order valence-electron chi connectivity index (χ2n) is 6.96. The predicted octanol–water partition coefficient (Wildman–Crippen LogP) is 2.21. The summed E-state index contributed by atoms with van der Waals surface area (Å²) in [6.45, 7) is 0.112. The highest BCUT2D eigenvalue weighted by Gasteiger charge is 2.34. The molecule has 0 aromatic heterocycles. The van der Waals surface area contributed by atoms with E-state index in [0.29, 0.717) is 13.0 Å². The van der Waals surface area contributed by atoms with E-state index in [-0.39, 0.29) is 19.1 Å². The van der Waals surface area contributed by atoms with Crippen LogP contribution in [-0.4, -0.2) is 53.7 Å². The normalized spacial score (nSPS) is 17.9. The van der Waals surface area contributed by atoms with Crippen LogP contribution in [0.2, 0.25) is 0 Å². The summed E-state index contributed by atoms with van der Waals surface area (Å²) in [5, 5.41) is 11.4. The van der Waals surface area contributed by atoms with Crippen molar-refractivity contribution < 1.29 is 24.2 Å². The van der Waals surface area contributed by atoms with Crippen LogP contribution in [0, 0.1) is 0 Å². The minimum absolute atomic E-state index is 0.0547. The molecule has 2 aliphatic rings. The van der Waals surface area contributed by atoms with E-state index in [4.69, 9.17) is 9.84 Å². The molecule has 1 atom stereocenters. The number of hydrogen-bond donors (Lipinski definition) is 2. The van der Waals surface area contributed by atoms with E-state index in [2.05, 4.69) is 17.4 Å². The average molecular weight is 380 g/mol. The molecular formula is C21H20N2O5. The number of nitrogens with zero attached hydrogens (tertiary/aromatic N) is 1. The van der Waals surface area contributed by atoms with Crippen molar-refractivity contribution in [2.45, 2.75) is 18.4 Å². The molecule has 2 aromatic rings. The lowest BCUT2D eigenvalue weighted by molar-refractivity contribution is -0.143. The van der Waals surface area contributed by atoms with Crippen LogP contribution in [0.25, 0.3) is 11.1 Å². The van der Waals surface area contributed by atoms with E-state index >= 15 is 0 Å². The number of fused-ring (bicyclic) bond motifs is 3.